The van der Waals surface area contributed by atoms with Crippen LogP contribution in [0.3, 0.4) is 0 Å². The molecule has 0 atom stereocenters. The predicted octanol–water partition coefficient (Wildman–Crippen LogP) is 4.35. The standard InChI is InChI=1S/C23H23NO6/c1-16-20(24-23(30-16)18-6-4-3-5-7-18)15-29-21-14-19(28-13-12-27-2)10-8-17(21)9-11-22(25)26/h3-11,14H,12-13,15H2,1-2H3,(H,25,26)/b11-9+. The number of aliphatic carboxylic acids is 1. The van der Waals surface area contributed by atoms with Gasteiger partial charge in [-0.15, -0.1) is 0 Å². The van der Waals surface area contributed by atoms with Gasteiger partial charge in [-0.2, -0.15) is 0 Å². The summed E-state index contributed by atoms with van der Waals surface area (Å²) in [5, 5.41) is 8.93. The summed E-state index contributed by atoms with van der Waals surface area (Å²) in [5.74, 6) is 1.21. The molecule has 0 spiro atoms. The molecule has 0 bridgehead atoms. The Morgan fingerprint density at radius 3 is 2.67 bits per heavy atom. The monoisotopic (exact) mass is 409 g/mol. The number of nitrogens with zero attached hydrogens (tertiary/aromatic N) is 1. The van der Waals surface area contributed by atoms with Crippen LogP contribution in [-0.2, 0) is 16.1 Å². The second-order valence-corrected chi connectivity index (χ2v) is 6.39. The first-order chi connectivity index (χ1) is 14.6. The largest absolute Gasteiger partial charge is 0.491 e. The van der Waals surface area contributed by atoms with E-state index in [1.807, 2.05) is 37.3 Å². The maximum atomic E-state index is 10.9. The van der Waals surface area contributed by atoms with E-state index in [2.05, 4.69) is 4.98 Å². The van der Waals surface area contributed by atoms with Crippen molar-refractivity contribution in [2.45, 2.75) is 13.5 Å². The van der Waals surface area contributed by atoms with Crippen LogP contribution in [0.1, 0.15) is 17.0 Å². The topological polar surface area (TPSA) is 91.0 Å². The highest BCUT2D eigenvalue weighted by Crippen LogP contribution is 2.28. The van der Waals surface area contributed by atoms with Gasteiger partial charge < -0.3 is 23.7 Å². The van der Waals surface area contributed by atoms with E-state index in [0.29, 0.717) is 47.6 Å². The maximum Gasteiger partial charge on any atom is 0.328 e. The van der Waals surface area contributed by atoms with Crippen molar-refractivity contribution in [3.8, 4) is 23.0 Å². The summed E-state index contributed by atoms with van der Waals surface area (Å²) in [6, 6.07) is 14.8. The molecule has 0 aliphatic carbocycles. The molecular weight excluding hydrogens is 386 g/mol. The van der Waals surface area contributed by atoms with Crippen molar-refractivity contribution in [2.24, 2.45) is 0 Å². The van der Waals surface area contributed by atoms with E-state index in [0.717, 1.165) is 11.6 Å². The summed E-state index contributed by atoms with van der Waals surface area (Å²) in [6.07, 6.45) is 2.53. The SMILES string of the molecule is COCCOc1ccc(/C=C/C(=O)O)c(OCc2nc(-c3ccccc3)oc2C)c1. The molecule has 0 saturated carbocycles. The highest BCUT2D eigenvalue weighted by Gasteiger charge is 2.13. The molecule has 3 aromatic rings. The van der Waals surface area contributed by atoms with Gasteiger partial charge in [-0.1, -0.05) is 18.2 Å². The predicted molar refractivity (Wildman–Crippen MR) is 111 cm³/mol. The number of ether oxygens (including phenoxy) is 3. The third kappa shape index (κ3) is 5.71. The lowest BCUT2D eigenvalue weighted by atomic mass is 10.1. The van der Waals surface area contributed by atoms with Crippen LogP contribution >= 0.6 is 0 Å². The van der Waals surface area contributed by atoms with E-state index in [1.165, 1.54) is 6.08 Å². The summed E-state index contributed by atoms with van der Waals surface area (Å²) in [6.45, 7) is 2.84. The Morgan fingerprint density at radius 2 is 1.93 bits per heavy atom. The van der Waals surface area contributed by atoms with E-state index < -0.39 is 5.97 Å². The smallest absolute Gasteiger partial charge is 0.328 e. The lowest BCUT2D eigenvalue weighted by molar-refractivity contribution is -0.131. The van der Waals surface area contributed by atoms with Gasteiger partial charge in [0.25, 0.3) is 0 Å². The molecule has 3 rings (SSSR count). The summed E-state index contributed by atoms with van der Waals surface area (Å²) in [4.78, 5) is 15.4. The van der Waals surface area contributed by atoms with Crippen molar-refractivity contribution >= 4 is 12.0 Å². The van der Waals surface area contributed by atoms with Crippen molar-refractivity contribution in [1.82, 2.24) is 4.98 Å². The minimum atomic E-state index is -1.04. The number of carboxylic acids is 1. The molecule has 0 amide bonds. The Morgan fingerprint density at radius 1 is 1.13 bits per heavy atom. The lowest BCUT2D eigenvalue weighted by Crippen LogP contribution is -2.05. The highest BCUT2D eigenvalue weighted by atomic mass is 16.5. The molecule has 7 nitrogen and oxygen atoms in total. The van der Waals surface area contributed by atoms with Gasteiger partial charge in [-0.3, -0.25) is 0 Å². The van der Waals surface area contributed by atoms with Crippen LogP contribution in [0.4, 0.5) is 0 Å². The molecule has 0 radical (unpaired) electrons. The van der Waals surface area contributed by atoms with Crippen LogP contribution in [0.15, 0.2) is 59.0 Å². The van der Waals surface area contributed by atoms with Crippen LogP contribution in [0.2, 0.25) is 0 Å². The third-order valence-corrected chi connectivity index (χ3v) is 4.22. The number of methoxy groups -OCH3 is 1. The van der Waals surface area contributed by atoms with E-state index in [1.54, 1.807) is 25.3 Å². The molecule has 1 aromatic heterocycles. The van der Waals surface area contributed by atoms with Gasteiger partial charge in [-0.25, -0.2) is 9.78 Å². The molecular formula is C23H23NO6. The zero-order valence-electron chi connectivity index (χ0n) is 16.8. The number of benzene rings is 2. The first-order valence-corrected chi connectivity index (χ1v) is 9.38. The summed E-state index contributed by atoms with van der Waals surface area (Å²) < 4.78 is 22.3. The summed E-state index contributed by atoms with van der Waals surface area (Å²) >= 11 is 0. The third-order valence-electron chi connectivity index (χ3n) is 4.22. The maximum absolute atomic E-state index is 10.9. The molecule has 0 aliphatic rings. The molecule has 1 N–H and O–H groups in total. The molecule has 7 heteroatoms. The number of rotatable bonds is 10. The number of hydrogen-bond acceptors (Lipinski definition) is 6. The lowest BCUT2D eigenvalue weighted by Gasteiger charge is -2.12. The molecule has 1 heterocycles. The molecule has 0 unspecified atom stereocenters. The van der Waals surface area contributed by atoms with Crippen LogP contribution in [0.5, 0.6) is 11.5 Å². The second kappa shape index (κ2) is 10.3. The zero-order chi connectivity index (χ0) is 21.3. The molecule has 156 valence electrons. The van der Waals surface area contributed by atoms with Gasteiger partial charge in [0.2, 0.25) is 5.89 Å². The number of aryl methyl sites for hydroxylation is 1. The van der Waals surface area contributed by atoms with Gasteiger partial charge >= 0.3 is 5.97 Å². The molecule has 0 saturated heterocycles. The van der Waals surface area contributed by atoms with Gasteiger partial charge in [0.15, 0.2) is 0 Å². The quantitative estimate of drug-likeness (QED) is 0.393. The average molecular weight is 409 g/mol. The Labute approximate surface area is 174 Å². The first kappa shape index (κ1) is 21.1. The Kier molecular flexibility index (Phi) is 7.24. The number of carboxylic acid groups (broad SMARTS) is 1. The molecule has 0 aliphatic heterocycles. The van der Waals surface area contributed by atoms with Crippen LogP contribution < -0.4 is 9.47 Å². The normalized spacial score (nSPS) is 11.0. The van der Waals surface area contributed by atoms with Gasteiger partial charge in [-0.05, 0) is 37.3 Å². The number of aromatic nitrogens is 1. The molecule has 30 heavy (non-hydrogen) atoms. The second-order valence-electron chi connectivity index (χ2n) is 6.39. The molecule has 0 fully saturated rings. The van der Waals surface area contributed by atoms with Crippen molar-refractivity contribution in [3.05, 3.63) is 71.6 Å². The highest BCUT2D eigenvalue weighted by molar-refractivity contribution is 5.86. The van der Waals surface area contributed by atoms with Gasteiger partial charge in [0.1, 0.15) is 36.2 Å². The Bertz CT molecular complexity index is 1010. The number of oxazole rings is 1. The van der Waals surface area contributed by atoms with Crippen molar-refractivity contribution in [3.63, 3.8) is 0 Å². The van der Waals surface area contributed by atoms with Crippen LogP contribution in [0.25, 0.3) is 17.5 Å². The fraction of sp³-hybridized carbons (Fsp3) is 0.217. The van der Waals surface area contributed by atoms with E-state index in [9.17, 15) is 4.79 Å². The summed E-state index contributed by atoms with van der Waals surface area (Å²) in [7, 11) is 1.60. The fourth-order valence-electron chi connectivity index (χ4n) is 2.68. The summed E-state index contributed by atoms with van der Waals surface area (Å²) in [5.41, 5.74) is 2.15. The van der Waals surface area contributed by atoms with Crippen LogP contribution in [-0.4, -0.2) is 36.4 Å². The first-order valence-electron chi connectivity index (χ1n) is 9.38. The van der Waals surface area contributed by atoms with E-state index in [4.69, 9.17) is 23.7 Å². The van der Waals surface area contributed by atoms with Gasteiger partial charge in [0, 0.05) is 30.4 Å². The minimum absolute atomic E-state index is 0.164. The Balaban J connectivity index is 1.79. The van der Waals surface area contributed by atoms with Crippen LogP contribution in [0, 0.1) is 6.92 Å². The zero-order valence-corrected chi connectivity index (χ0v) is 16.8. The van der Waals surface area contributed by atoms with Crippen molar-refractivity contribution < 1.29 is 28.5 Å². The Hall–Kier alpha value is -3.58. The van der Waals surface area contributed by atoms with E-state index in [-0.39, 0.29) is 6.61 Å². The molecule has 2 aromatic carbocycles. The average Bonchev–Trinajstić information content (AvgIpc) is 3.13. The number of carbonyl (C=O) groups is 1. The van der Waals surface area contributed by atoms with Crippen molar-refractivity contribution in [1.29, 1.82) is 0 Å². The van der Waals surface area contributed by atoms with Gasteiger partial charge in [0.05, 0.1) is 6.61 Å². The van der Waals surface area contributed by atoms with Crippen molar-refractivity contribution in [2.75, 3.05) is 20.3 Å². The fourth-order valence-corrected chi connectivity index (χ4v) is 2.68. The van der Waals surface area contributed by atoms with E-state index >= 15 is 0 Å². The number of hydrogen-bond donors (Lipinski definition) is 1. The minimum Gasteiger partial charge on any atom is -0.491 e.